The summed E-state index contributed by atoms with van der Waals surface area (Å²) in [6.45, 7) is 5.23. The second-order valence-electron chi connectivity index (χ2n) is 5.73. The van der Waals surface area contributed by atoms with Crippen molar-refractivity contribution in [1.82, 2.24) is 5.32 Å². The standard InChI is InChI=1S/C16H23N3O2/c20-16(11-13-5-6-17-12-13)18-14-3-1-2-4-15(14)19-7-9-21-10-8-19/h1-4,13,17H,5-12H2,(H,18,20). The van der Waals surface area contributed by atoms with Gasteiger partial charge in [0.25, 0.3) is 0 Å². The maximum absolute atomic E-state index is 12.2. The van der Waals surface area contributed by atoms with E-state index >= 15 is 0 Å². The number of rotatable bonds is 4. The molecule has 0 radical (unpaired) electrons. The highest BCUT2D eigenvalue weighted by Crippen LogP contribution is 2.27. The molecule has 1 aromatic rings. The highest BCUT2D eigenvalue weighted by atomic mass is 16.5. The number of para-hydroxylation sites is 2. The smallest absolute Gasteiger partial charge is 0.224 e. The number of carbonyl (C=O) groups excluding carboxylic acids is 1. The minimum Gasteiger partial charge on any atom is -0.378 e. The minimum atomic E-state index is 0.115. The van der Waals surface area contributed by atoms with Gasteiger partial charge in [0.05, 0.1) is 24.6 Å². The van der Waals surface area contributed by atoms with Crippen molar-refractivity contribution in [3.63, 3.8) is 0 Å². The number of amides is 1. The predicted molar refractivity (Wildman–Crippen MR) is 83.7 cm³/mol. The van der Waals surface area contributed by atoms with Crippen LogP contribution in [0.3, 0.4) is 0 Å². The third-order valence-corrected chi connectivity index (χ3v) is 4.17. The highest BCUT2D eigenvalue weighted by molar-refractivity contribution is 5.94. The number of anilines is 2. The lowest BCUT2D eigenvalue weighted by molar-refractivity contribution is -0.116. The Hall–Kier alpha value is -1.59. The third-order valence-electron chi connectivity index (χ3n) is 4.17. The van der Waals surface area contributed by atoms with Crippen LogP contribution in [0.25, 0.3) is 0 Å². The van der Waals surface area contributed by atoms with Crippen molar-refractivity contribution in [2.75, 3.05) is 49.6 Å². The van der Waals surface area contributed by atoms with Crippen LogP contribution in [0.2, 0.25) is 0 Å². The zero-order chi connectivity index (χ0) is 14.5. The summed E-state index contributed by atoms with van der Waals surface area (Å²) in [6, 6.07) is 8.03. The van der Waals surface area contributed by atoms with Crippen molar-refractivity contribution >= 4 is 17.3 Å². The number of hydrogen-bond donors (Lipinski definition) is 2. The fraction of sp³-hybridized carbons (Fsp3) is 0.562. The van der Waals surface area contributed by atoms with Crippen molar-refractivity contribution in [1.29, 1.82) is 0 Å². The Morgan fingerprint density at radius 1 is 1.33 bits per heavy atom. The van der Waals surface area contributed by atoms with Crippen LogP contribution in [0.4, 0.5) is 11.4 Å². The van der Waals surface area contributed by atoms with Crippen LogP contribution < -0.4 is 15.5 Å². The summed E-state index contributed by atoms with van der Waals surface area (Å²) in [6.07, 6.45) is 1.70. The molecule has 2 N–H and O–H groups in total. The third kappa shape index (κ3) is 3.74. The molecule has 1 amide bonds. The minimum absolute atomic E-state index is 0.115. The summed E-state index contributed by atoms with van der Waals surface area (Å²) < 4.78 is 5.39. The molecular formula is C16H23N3O2. The molecule has 5 heteroatoms. The van der Waals surface area contributed by atoms with Crippen LogP contribution >= 0.6 is 0 Å². The van der Waals surface area contributed by atoms with Gasteiger partial charge in [-0.2, -0.15) is 0 Å². The van der Waals surface area contributed by atoms with Crippen molar-refractivity contribution in [3.05, 3.63) is 24.3 Å². The average Bonchev–Trinajstić information content (AvgIpc) is 3.01. The second-order valence-corrected chi connectivity index (χ2v) is 5.73. The molecule has 114 valence electrons. The molecule has 21 heavy (non-hydrogen) atoms. The molecule has 1 unspecified atom stereocenters. The van der Waals surface area contributed by atoms with Gasteiger partial charge in [-0.15, -0.1) is 0 Å². The lowest BCUT2D eigenvalue weighted by Crippen LogP contribution is -2.36. The SMILES string of the molecule is O=C(CC1CCNC1)Nc1ccccc1N1CCOCC1. The van der Waals surface area contributed by atoms with E-state index in [0.29, 0.717) is 12.3 Å². The zero-order valence-electron chi connectivity index (χ0n) is 12.3. The Morgan fingerprint density at radius 3 is 2.90 bits per heavy atom. The van der Waals surface area contributed by atoms with Crippen LogP contribution in [0.5, 0.6) is 0 Å². The van der Waals surface area contributed by atoms with Crippen molar-refractivity contribution < 1.29 is 9.53 Å². The molecule has 0 bridgehead atoms. The van der Waals surface area contributed by atoms with Gasteiger partial charge in [-0.05, 0) is 37.6 Å². The molecule has 2 saturated heterocycles. The molecule has 0 aliphatic carbocycles. The Labute approximate surface area is 125 Å². The maximum Gasteiger partial charge on any atom is 0.224 e. The quantitative estimate of drug-likeness (QED) is 0.881. The van der Waals surface area contributed by atoms with E-state index in [2.05, 4.69) is 21.6 Å². The lowest BCUT2D eigenvalue weighted by Gasteiger charge is -2.30. The summed E-state index contributed by atoms with van der Waals surface area (Å²) in [7, 11) is 0. The second kappa shape index (κ2) is 6.91. The van der Waals surface area contributed by atoms with Gasteiger partial charge in [0.1, 0.15) is 0 Å². The van der Waals surface area contributed by atoms with Gasteiger partial charge in [0.2, 0.25) is 5.91 Å². The fourth-order valence-corrected chi connectivity index (χ4v) is 3.01. The van der Waals surface area contributed by atoms with Crippen LogP contribution in [-0.2, 0) is 9.53 Å². The first-order valence-corrected chi connectivity index (χ1v) is 7.75. The molecule has 3 rings (SSSR count). The van der Waals surface area contributed by atoms with Gasteiger partial charge < -0.3 is 20.3 Å². The number of carbonyl (C=O) groups is 1. The number of ether oxygens (including phenoxy) is 1. The van der Waals surface area contributed by atoms with Crippen molar-refractivity contribution in [2.24, 2.45) is 5.92 Å². The molecule has 2 fully saturated rings. The largest absolute Gasteiger partial charge is 0.378 e. The van der Waals surface area contributed by atoms with Gasteiger partial charge in [-0.1, -0.05) is 12.1 Å². The van der Waals surface area contributed by atoms with E-state index in [1.807, 2.05) is 18.2 Å². The van der Waals surface area contributed by atoms with Crippen molar-refractivity contribution in [3.8, 4) is 0 Å². The van der Waals surface area contributed by atoms with Gasteiger partial charge in [0.15, 0.2) is 0 Å². The molecule has 2 aliphatic heterocycles. The van der Waals surface area contributed by atoms with E-state index < -0.39 is 0 Å². The van der Waals surface area contributed by atoms with E-state index in [4.69, 9.17) is 4.74 Å². The monoisotopic (exact) mass is 289 g/mol. The van der Waals surface area contributed by atoms with Gasteiger partial charge in [-0.3, -0.25) is 4.79 Å². The molecule has 1 aromatic carbocycles. The van der Waals surface area contributed by atoms with Crippen LogP contribution in [0.15, 0.2) is 24.3 Å². The molecular weight excluding hydrogens is 266 g/mol. The van der Waals surface area contributed by atoms with Crippen LogP contribution in [0, 0.1) is 5.92 Å². The molecule has 0 aromatic heterocycles. The summed E-state index contributed by atoms with van der Waals surface area (Å²) in [4.78, 5) is 14.5. The first kappa shape index (κ1) is 14.4. The summed E-state index contributed by atoms with van der Waals surface area (Å²) in [5, 5.41) is 6.39. The van der Waals surface area contributed by atoms with Crippen LogP contribution in [0.1, 0.15) is 12.8 Å². The molecule has 5 nitrogen and oxygen atoms in total. The van der Waals surface area contributed by atoms with Crippen LogP contribution in [-0.4, -0.2) is 45.3 Å². The lowest BCUT2D eigenvalue weighted by atomic mass is 10.0. The van der Waals surface area contributed by atoms with E-state index in [1.54, 1.807) is 0 Å². The number of benzene rings is 1. The van der Waals surface area contributed by atoms with Gasteiger partial charge >= 0.3 is 0 Å². The Morgan fingerprint density at radius 2 is 2.14 bits per heavy atom. The van der Waals surface area contributed by atoms with E-state index in [-0.39, 0.29) is 5.91 Å². The fourth-order valence-electron chi connectivity index (χ4n) is 3.01. The normalized spacial score (nSPS) is 22.3. The van der Waals surface area contributed by atoms with Gasteiger partial charge in [-0.25, -0.2) is 0 Å². The summed E-state index contributed by atoms with van der Waals surface area (Å²) in [5.41, 5.74) is 2.01. The van der Waals surface area contributed by atoms with E-state index in [1.165, 1.54) is 0 Å². The molecule has 0 saturated carbocycles. The predicted octanol–water partition coefficient (Wildman–Crippen LogP) is 1.46. The number of nitrogens with zero attached hydrogens (tertiary/aromatic N) is 1. The zero-order valence-corrected chi connectivity index (χ0v) is 12.3. The highest BCUT2D eigenvalue weighted by Gasteiger charge is 2.20. The number of nitrogens with one attached hydrogen (secondary N) is 2. The molecule has 2 aliphatic rings. The van der Waals surface area contributed by atoms with Gasteiger partial charge in [0, 0.05) is 19.5 Å². The number of morpholine rings is 1. The average molecular weight is 289 g/mol. The first-order chi connectivity index (χ1) is 10.3. The molecule has 1 atom stereocenters. The topological polar surface area (TPSA) is 53.6 Å². The molecule has 2 heterocycles. The molecule has 0 spiro atoms. The van der Waals surface area contributed by atoms with Crippen molar-refractivity contribution in [2.45, 2.75) is 12.8 Å². The van der Waals surface area contributed by atoms with E-state index in [0.717, 1.165) is 57.2 Å². The van der Waals surface area contributed by atoms with E-state index in [9.17, 15) is 4.79 Å². The Balaban J connectivity index is 1.65. The number of hydrogen-bond acceptors (Lipinski definition) is 4. The Bertz CT molecular complexity index is 480. The summed E-state index contributed by atoms with van der Waals surface area (Å²) >= 11 is 0. The first-order valence-electron chi connectivity index (χ1n) is 7.75. The maximum atomic E-state index is 12.2. The Kier molecular flexibility index (Phi) is 4.72. The summed E-state index contributed by atoms with van der Waals surface area (Å²) in [5.74, 6) is 0.588.